The molecule has 0 amide bonds. The Kier molecular flexibility index (Phi) is 6.25. The lowest BCUT2D eigenvalue weighted by atomic mass is 10.2. The molecule has 0 atom stereocenters. The van der Waals surface area contributed by atoms with Crippen LogP contribution in [0.2, 0.25) is 0 Å². The van der Waals surface area contributed by atoms with E-state index >= 15 is 0 Å². The highest BCUT2D eigenvalue weighted by Crippen LogP contribution is 2.17. The third-order valence-electron chi connectivity index (χ3n) is 4.20. The summed E-state index contributed by atoms with van der Waals surface area (Å²) in [5.74, 6) is 0.409. The van der Waals surface area contributed by atoms with E-state index in [1.165, 1.54) is 4.57 Å². The summed E-state index contributed by atoms with van der Waals surface area (Å²) in [6, 6.07) is 9.84. The van der Waals surface area contributed by atoms with Crippen LogP contribution in [0.15, 0.2) is 49.5 Å². The largest absolute Gasteiger partial charge is 0.329 e. The maximum atomic E-state index is 12.3. The van der Waals surface area contributed by atoms with Crippen molar-refractivity contribution in [2.45, 2.75) is 26.3 Å². The third kappa shape index (κ3) is 4.30. The SMILES string of the molecule is CCCCn1c(N/N=C/C(Br)=C\c2ccccc2)nc2c1c(=O)[nH]c(=O)n2C. The van der Waals surface area contributed by atoms with Crippen LogP contribution in [0.1, 0.15) is 25.3 Å². The molecule has 1 aromatic carbocycles. The van der Waals surface area contributed by atoms with Crippen molar-refractivity contribution < 1.29 is 0 Å². The summed E-state index contributed by atoms with van der Waals surface area (Å²) in [5, 5.41) is 4.21. The number of nitrogens with zero attached hydrogens (tertiary/aromatic N) is 4. The molecular weight excluding hydrogens is 424 g/mol. The van der Waals surface area contributed by atoms with Gasteiger partial charge in [0.05, 0.1) is 6.21 Å². The second-order valence-corrected chi connectivity index (χ2v) is 7.16. The molecule has 0 spiro atoms. The first kappa shape index (κ1) is 19.8. The number of rotatable bonds is 7. The minimum atomic E-state index is -0.499. The lowest BCUT2D eigenvalue weighted by Gasteiger charge is -2.06. The number of nitrogens with one attached hydrogen (secondary N) is 2. The third-order valence-corrected chi connectivity index (χ3v) is 4.63. The molecule has 0 saturated carbocycles. The molecule has 0 bridgehead atoms. The summed E-state index contributed by atoms with van der Waals surface area (Å²) in [4.78, 5) is 30.9. The van der Waals surface area contributed by atoms with Crippen molar-refractivity contribution in [3.05, 3.63) is 61.2 Å². The van der Waals surface area contributed by atoms with Gasteiger partial charge in [-0.3, -0.25) is 14.3 Å². The van der Waals surface area contributed by atoms with Crippen LogP contribution in [0.25, 0.3) is 17.2 Å². The number of unbranched alkanes of at least 4 members (excludes halogenated alkanes) is 1. The fourth-order valence-electron chi connectivity index (χ4n) is 2.75. The van der Waals surface area contributed by atoms with E-state index in [0.29, 0.717) is 23.7 Å². The van der Waals surface area contributed by atoms with Gasteiger partial charge in [0.2, 0.25) is 5.95 Å². The number of halogens is 1. The smallest absolute Gasteiger partial charge is 0.303 e. The lowest BCUT2D eigenvalue weighted by molar-refractivity contribution is 0.647. The van der Waals surface area contributed by atoms with Crippen LogP contribution >= 0.6 is 15.9 Å². The number of anilines is 1. The van der Waals surface area contributed by atoms with Crippen LogP contribution in [-0.2, 0) is 13.6 Å². The molecule has 9 heteroatoms. The molecule has 2 aromatic heterocycles. The average molecular weight is 445 g/mol. The molecule has 0 radical (unpaired) electrons. The minimum absolute atomic E-state index is 0.321. The standard InChI is InChI=1S/C19H21BrN6O2/c1-3-4-10-26-15-16(25(2)19(28)23-17(15)27)22-18(26)24-21-12-14(20)11-13-8-6-5-7-9-13/h5-9,11-12H,3-4,10H2,1-2H3,(H,22,24)(H,23,27,28)/b14-11+,21-12+. The maximum Gasteiger partial charge on any atom is 0.329 e. The summed E-state index contributed by atoms with van der Waals surface area (Å²) in [6.07, 6.45) is 5.36. The van der Waals surface area contributed by atoms with Crippen LogP contribution in [0, 0.1) is 0 Å². The normalized spacial score (nSPS) is 12.2. The minimum Gasteiger partial charge on any atom is -0.303 e. The molecule has 3 aromatic rings. The Morgan fingerprint density at radius 1 is 1.32 bits per heavy atom. The number of H-pyrrole nitrogens is 1. The fraction of sp³-hybridized carbons (Fsp3) is 0.263. The molecule has 8 nitrogen and oxygen atoms in total. The van der Waals surface area contributed by atoms with E-state index in [1.807, 2.05) is 36.4 Å². The van der Waals surface area contributed by atoms with Gasteiger partial charge in [0, 0.05) is 18.1 Å². The van der Waals surface area contributed by atoms with Gasteiger partial charge in [-0.15, -0.1) is 0 Å². The lowest BCUT2D eigenvalue weighted by Crippen LogP contribution is -2.29. The van der Waals surface area contributed by atoms with E-state index in [-0.39, 0.29) is 0 Å². The van der Waals surface area contributed by atoms with Crippen LogP contribution in [-0.4, -0.2) is 25.3 Å². The molecule has 146 valence electrons. The quantitative estimate of drug-likeness (QED) is 0.432. The van der Waals surface area contributed by atoms with Gasteiger partial charge in [0.1, 0.15) is 0 Å². The van der Waals surface area contributed by atoms with Gasteiger partial charge in [-0.05, 0) is 34.0 Å². The molecular formula is C19H21BrN6O2. The zero-order chi connectivity index (χ0) is 20.1. The summed E-state index contributed by atoms with van der Waals surface area (Å²) in [5.41, 5.74) is 3.64. The van der Waals surface area contributed by atoms with Gasteiger partial charge < -0.3 is 4.57 Å². The van der Waals surface area contributed by atoms with Gasteiger partial charge in [-0.25, -0.2) is 10.2 Å². The van der Waals surface area contributed by atoms with Crippen molar-refractivity contribution in [2.75, 3.05) is 5.43 Å². The molecule has 2 N–H and O–H groups in total. The van der Waals surface area contributed by atoms with Gasteiger partial charge in [0.15, 0.2) is 11.2 Å². The van der Waals surface area contributed by atoms with E-state index in [9.17, 15) is 9.59 Å². The number of aromatic amines is 1. The van der Waals surface area contributed by atoms with Crippen molar-refractivity contribution in [3.63, 3.8) is 0 Å². The topological polar surface area (TPSA) is 97.1 Å². The summed E-state index contributed by atoms with van der Waals surface area (Å²) in [6.45, 7) is 2.66. The maximum absolute atomic E-state index is 12.3. The predicted octanol–water partition coefficient (Wildman–Crippen LogP) is 3.06. The first-order chi connectivity index (χ1) is 13.5. The van der Waals surface area contributed by atoms with Crippen LogP contribution in [0.4, 0.5) is 5.95 Å². The van der Waals surface area contributed by atoms with Gasteiger partial charge in [-0.1, -0.05) is 43.7 Å². The first-order valence-corrected chi connectivity index (χ1v) is 9.71. The number of fused-ring (bicyclic) bond motifs is 1. The second-order valence-electron chi connectivity index (χ2n) is 6.24. The first-order valence-electron chi connectivity index (χ1n) is 8.92. The van der Waals surface area contributed by atoms with E-state index in [0.717, 1.165) is 22.9 Å². The van der Waals surface area contributed by atoms with Crippen molar-refractivity contribution in [1.29, 1.82) is 0 Å². The number of benzene rings is 1. The van der Waals surface area contributed by atoms with Crippen molar-refractivity contribution in [1.82, 2.24) is 19.1 Å². The number of hydrazone groups is 1. The molecule has 0 aliphatic carbocycles. The second kappa shape index (κ2) is 8.83. The van der Waals surface area contributed by atoms with E-state index in [4.69, 9.17) is 0 Å². The van der Waals surface area contributed by atoms with Crippen LogP contribution < -0.4 is 16.7 Å². The van der Waals surface area contributed by atoms with Gasteiger partial charge >= 0.3 is 5.69 Å². The monoisotopic (exact) mass is 444 g/mol. The highest BCUT2D eigenvalue weighted by molar-refractivity contribution is 9.12. The highest BCUT2D eigenvalue weighted by atomic mass is 79.9. The Balaban J connectivity index is 1.93. The molecule has 3 rings (SSSR count). The molecule has 0 unspecified atom stereocenters. The zero-order valence-electron chi connectivity index (χ0n) is 15.6. The van der Waals surface area contributed by atoms with Crippen molar-refractivity contribution in [2.24, 2.45) is 12.1 Å². The number of aryl methyl sites for hydroxylation is 2. The van der Waals surface area contributed by atoms with Crippen molar-refractivity contribution in [3.8, 4) is 0 Å². The number of aromatic nitrogens is 4. The Morgan fingerprint density at radius 3 is 2.79 bits per heavy atom. The molecule has 2 heterocycles. The van der Waals surface area contributed by atoms with Crippen LogP contribution in [0.3, 0.4) is 0 Å². The molecule has 28 heavy (non-hydrogen) atoms. The zero-order valence-corrected chi connectivity index (χ0v) is 17.2. The molecule has 0 aliphatic heterocycles. The van der Waals surface area contributed by atoms with E-state index < -0.39 is 11.2 Å². The molecule has 0 fully saturated rings. The summed E-state index contributed by atoms with van der Waals surface area (Å²) >= 11 is 3.46. The number of allylic oxidation sites excluding steroid dienone is 1. The van der Waals surface area contributed by atoms with Gasteiger partial charge in [-0.2, -0.15) is 10.1 Å². The van der Waals surface area contributed by atoms with E-state index in [2.05, 4.69) is 43.3 Å². The number of hydrogen-bond acceptors (Lipinski definition) is 5. The predicted molar refractivity (Wildman–Crippen MR) is 116 cm³/mol. The highest BCUT2D eigenvalue weighted by Gasteiger charge is 2.16. The Bertz CT molecular complexity index is 1140. The van der Waals surface area contributed by atoms with Crippen molar-refractivity contribution >= 4 is 45.3 Å². The number of hydrogen-bond donors (Lipinski definition) is 2. The fourth-order valence-corrected chi connectivity index (χ4v) is 3.12. The molecule has 0 saturated heterocycles. The van der Waals surface area contributed by atoms with Crippen LogP contribution in [0.5, 0.6) is 0 Å². The van der Waals surface area contributed by atoms with Gasteiger partial charge in [0.25, 0.3) is 5.56 Å². The summed E-state index contributed by atoms with van der Waals surface area (Å²) in [7, 11) is 1.57. The number of imidazole rings is 1. The van der Waals surface area contributed by atoms with E-state index in [1.54, 1.807) is 17.8 Å². The average Bonchev–Trinajstić information content (AvgIpc) is 3.04. The molecule has 0 aliphatic rings. The Morgan fingerprint density at radius 2 is 2.07 bits per heavy atom. The Labute approximate surface area is 169 Å². The summed E-state index contributed by atoms with van der Waals surface area (Å²) < 4.78 is 3.84. The Hall–Kier alpha value is -2.94.